The third-order valence-electron chi connectivity index (χ3n) is 5.19. The van der Waals surface area contributed by atoms with E-state index in [0.717, 1.165) is 37.7 Å². The molecule has 0 aliphatic carbocycles. The predicted molar refractivity (Wildman–Crippen MR) is 86.7 cm³/mol. The molecule has 0 amide bonds. The standard InChI is InChI=1S/C16H29N5/c1-4-13(17)10-15-12(2)18-19(3)16(15)21-9-8-20-7-5-6-14(20)11-21/h13-14H,4-11,17H2,1-3H3. The van der Waals surface area contributed by atoms with Crippen molar-refractivity contribution in [1.29, 1.82) is 0 Å². The van der Waals surface area contributed by atoms with Crippen LogP contribution in [0.1, 0.15) is 37.4 Å². The van der Waals surface area contributed by atoms with Gasteiger partial charge in [0.25, 0.3) is 0 Å². The lowest BCUT2D eigenvalue weighted by Gasteiger charge is -2.39. The number of fused-ring (bicyclic) bond motifs is 1. The highest BCUT2D eigenvalue weighted by Crippen LogP contribution is 2.29. The van der Waals surface area contributed by atoms with Gasteiger partial charge in [-0.25, -0.2) is 0 Å². The number of hydrogen-bond acceptors (Lipinski definition) is 4. The molecule has 2 aliphatic rings. The lowest BCUT2D eigenvalue weighted by molar-refractivity contribution is 0.229. The van der Waals surface area contributed by atoms with E-state index in [1.54, 1.807) is 0 Å². The van der Waals surface area contributed by atoms with Crippen LogP contribution in [0, 0.1) is 6.92 Å². The molecule has 21 heavy (non-hydrogen) atoms. The molecule has 1 aromatic rings. The predicted octanol–water partition coefficient (Wildman–Crippen LogP) is 1.29. The van der Waals surface area contributed by atoms with Crippen LogP contribution in [0.2, 0.25) is 0 Å². The Balaban J connectivity index is 1.83. The minimum atomic E-state index is 0.236. The Morgan fingerprint density at radius 3 is 2.90 bits per heavy atom. The summed E-state index contributed by atoms with van der Waals surface area (Å²) in [5.74, 6) is 1.31. The first-order chi connectivity index (χ1) is 10.1. The van der Waals surface area contributed by atoms with Crippen LogP contribution in [0.5, 0.6) is 0 Å². The minimum Gasteiger partial charge on any atom is -0.354 e. The molecular weight excluding hydrogens is 262 g/mol. The monoisotopic (exact) mass is 291 g/mol. The van der Waals surface area contributed by atoms with E-state index in [1.807, 2.05) is 0 Å². The van der Waals surface area contributed by atoms with Gasteiger partial charge < -0.3 is 10.6 Å². The third kappa shape index (κ3) is 2.81. The summed E-state index contributed by atoms with van der Waals surface area (Å²) in [5, 5.41) is 4.66. The molecule has 2 aliphatic heterocycles. The quantitative estimate of drug-likeness (QED) is 0.908. The molecule has 0 radical (unpaired) electrons. The van der Waals surface area contributed by atoms with Gasteiger partial charge in [0.15, 0.2) is 0 Å². The third-order valence-corrected chi connectivity index (χ3v) is 5.19. The number of nitrogens with zero attached hydrogens (tertiary/aromatic N) is 4. The Hall–Kier alpha value is -1.07. The fraction of sp³-hybridized carbons (Fsp3) is 0.812. The molecule has 0 saturated carbocycles. The van der Waals surface area contributed by atoms with Crippen molar-refractivity contribution in [2.45, 2.75) is 51.6 Å². The zero-order chi connectivity index (χ0) is 15.0. The van der Waals surface area contributed by atoms with E-state index in [9.17, 15) is 0 Å². The molecule has 2 saturated heterocycles. The van der Waals surface area contributed by atoms with Crippen LogP contribution in [0.15, 0.2) is 0 Å². The fourth-order valence-corrected chi connectivity index (χ4v) is 3.91. The number of hydrogen-bond donors (Lipinski definition) is 1. The average molecular weight is 291 g/mol. The zero-order valence-corrected chi connectivity index (χ0v) is 13.7. The maximum Gasteiger partial charge on any atom is 0.130 e. The van der Waals surface area contributed by atoms with Crippen LogP contribution in [0.4, 0.5) is 5.82 Å². The van der Waals surface area contributed by atoms with Crippen molar-refractivity contribution in [3.05, 3.63) is 11.3 Å². The Morgan fingerprint density at radius 2 is 2.14 bits per heavy atom. The number of aryl methyl sites for hydroxylation is 2. The Morgan fingerprint density at radius 1 is 1.33 bits per heavy atom. The summed E-state index contributed by atoms with van der Waals surface area (Å²) in [7, 11) is 2.07. The van der Waals surface area contributed by atoms with E-state index >= 15 is 0 Å². The van der Waals surface area contributed by atoms with Gasteiger partial charge in [-0.2, -0.15) is 5.10 Å². The van der Waals surface area contributed by atoms with Gasteiger partial charge >= 0.3 is 0 Å². The molecule has 2 unspecified atom stereocenters. The van der Waals surface area contributed by atoms with Crippen molar-refractivity contribution in [2.24, 2.45) is 12.8 Å². The molecule has 2 N–H and O–H groups in total. The molecule has 3 heterocycles. The second kappa shape index (κ2) is 5.97. The Bertz CT molecular complexity index is 495. The van der Waals surface area contributed by atoms with E-state index < -0.39 is 0 Å². The second-order valence-electron chi connectivity index (χ2n) is 6.66. The van der Waals surface area contributed by atoms with Gasteiger partial charge in [-0.15, -0.1) is 0 Å². The first kappa shape index (κ1) is 14.9. The van der Waals surface area contributed by atoms with Crippen LogP contribution in [0.3, 0.4) is 0 Å². The lowest BCUT2D eigenvalue weighted by Crippen LogP contribution is -2.51. The van der Waals surface area contributed by atoms with Crippen LogP contribution in [-0.4, -0.2) is 52.9 Å². The smallest absolute Gasteiger partial charge is 0.130 e. The fourth-order valence-electron chi connectivity index (χ4n) is 3.91. The minimum absolute atomic E-state index is 0.236. The zero-order valence-electron chi connectivity index (χ0n) is 13.7. The highest BCUT2D eigenvalue weighted by atomic mass is 15.4. The second-order valence-corrected chi connectivity index (χ2v) is 6.66. The summed E-state index contributed by atoms with van der Waals surface area (Å²) in [6.45, 7) is 9.02. The number of aromatic nitrogens is 2. The average Bonchev–Trinajstić information content (AvgIpc) is 3.03. The number of rotatable bonds is 4. The van der Waals surface area contributed by atoms with Gasteiger partial charge in [0.05, 0.1) is 5.69 Å². The summed E-state index contributed by atoms with van der Waals surface area (Å²) in [4.78, 5) is 5.20. The number of piperazine rings is 1. The van der Waals surface area contributed by atoms with Crippen molar-refractivity contribution in [3.8, 4) is 0 Å². The van der Waals surface area contributed by atoms with E-state index in [1.165, 1.54) is 37.3 Å². The topological polar surface area (TPSA) is 50.3 Å². The van der Waals surface area contributed by atoms with E-state index in [-0.39, 0.29) is 6.04 Å². The molecule has 2 atom stereocenters. The van der Waals surface area contributed by atoms with Gasteiger partial charge in [-0.3, -0.25) is 9.58 Å². The molecule has 5 heteroatoms. The largest absolute Gasteiger partial charge is 0.354 e. The van der Waals surface area contributed by atoms with Crippen LogP contribution >= 0.6 is 0 Å². The molecule has 2 fully saturated rings. The van der Waals surface area contributed by atoms with Gasteiger partial charge in [-0.1, -0.05) is 6.92 Å². The van der Waals surface area contributed by atoms with Crippen molar-refractivity contribution >= 4 is 5.82 Å². The Labute approximate surface area is 128 Å². The van der Waals surface area contributed by atoms with Crippen molar-refractivity contribution in [2.75, 3.05) is 31.1 Å². The lowest BCUT2D eigenvalue weighted by atomic mass is 10.0. The first-order valence-electron chi connectivity index (χ1n) is 8.37. The molecule has 3 rings (SSSR count). The summed E-state index contributed by atoms with van der Waals surface area (Å²) < 4.78 is 2.07. The first-order valence-corrected chi connectivity index (χ1v) is 8.37. The highest BCUT2D eigenvalue weighted by molar-refractivity contribution is 5.51. The summed E-state index contributed by atoms with van der Waals surface area (Å²) >= 11 is 0. The SMILES string of the molecule is CCC(N)Cc1c(C)nn(C)c1N1CCN2CCCC2C1. The van der Waals surface area contributed by atoms with Gasteiger partial charge in [0.2, 0.25) is 0 Å². The van der Waals surface area contributed by atoms with Crippen molar-refractivity contribution in [1.82, 2.24) is 14.7 Å². The van der Waals surface area contributed by atoms with Crippen LogP contribution in [0.25, 0.3) is 0 Å². The summed E-state index contributed by atoms with van der Waals surface area (Å²) in [6, 6.07) is 0.973. The van der Waals surface area contributed by atoms with Gasteiger partial charge in [-0.05, 0) is 39.2 Å². The molecular formula is C16H29N5. The van der Waals surface area contributed by atoms with E-state index in [0.29, 0.717) is 0 Å². The summed E-state index contributed by atoms with van der Waals surface area (Å²) in [6.07, 6.45) is 4.66. The van der Waals surface area contributed by atoms with Gasteiger partial charge in [0.1, 0.15) is 5.82 Å². The van der Waals surface area contributed by atoms with Crippen molar-refractivity contribution < 1.29 is 0 Å². The number of nitrogens with two attached hydrogens (primary N) is 1. The molecule has 118 valence electrons. The van der Waals surface area contributed by atoms with Crippen molar-refractivity contribution in [3.63, 3.8) is 0 Å². The normalized spacial score (nSPS) is 24.4. The summed E-state index contributed by atoms with van der Waals surface area (Å²) in [5.41, 5.74) is 8.71. The molecule has 5 nitrogen and oxygen atoms in total. The van der Waals surface area contributed by atoms with Crippen LogP contribution in [-0.2, 0) is 13.5 Å². The molecule has 0 bridgehead atoms. The maximum absolute atomic E-state index is 6.20. The number of anilines is 1. The molecule has 0 aromatic carbocycles. The van der Waals surface area contributed by atoms with E-state index in [4.69, 9.17) is 5.73 Å². The van der Waals surface area contributed by atoms with E-state index in [2.05, 4.69) is 40.5 Å². The van der Waals surface area contributed by atoms with Crippen LogP contribution < -0.4 is 10.6 Å². The molecule has 1 aromatic heterocycles. The molecule has 0 spiro atoms. The van der Waals surface area contributed by atoms with Gasteiger partial charge in [0, 0.05) is 44.3 Å². The highest BCUT2D eigenvalue weighted by Gasteiger charge is 2.32. The Kier molecular flexibility index (Phi) is 4.22. The maximum atomic E-state index is 6.20.